The first-order chi connectivity index (χ1) is 16.1. The maximum Gasteiger partial charge on any atom is 0.260 e. The number of rotatable bonds is 10. The van der Waals surface area contributed by atoms with Crippen LogP contribution in [0.5, 0.6) is 5.75 Å². The van der Waals surface area contributed by atoms with E-state index in [9.17, 15) is 9.90 Å². The minimum atomic E-state index is -0.415. The topological polar surface area (TPSA) is 78.5 Å². The monoisotopic (exact) mass is 467 g/mol. The van der Waals surface area contributed by atoms with Crippen molar-refractivity contribution in [2.75, 3.05) is 13.7 Å². The average Bonchev–Trinajstić information content (AvgIpc) is 3.27. The molecular formula is C26H33N3O3S. The number of fused-ring (bicyclic) bond motifs is 1. The molecule has 2 N–H and O–H groups in total. The number of ether oxygens (including phenoxy) is 1. The molecule has 0 saturated heterocycles. The highest BCUT2D eigenvalue weighted by molar-refractivity contribution is 7.17. The maximum atomic E-state index is 13.1. The Morgan fingerprint density at radius 3 is 2.94 bits per heavy atom. The highest BCUT2D eigenvalue weighted by atomic mass is 32.1. The SMILES string of the molecule is C=CCC[C@@H](O)CN(Cc1nc2scc(-c3cccc(OC)c3)c2c(=O)[nH]1)C1CCCCC1. The van der Waals surface area contributed by atoms with E-state index < -0.39 is 6.10 Å². The van der Waals surface area contributed by atoms with Gasteiger partial charge in [-0.05, 0) is 43.4 Å². The fraction of sp³-hybridized carbons (Fsp3) is 0.462. The van der Waals surface area contributed by atoms with Gasteiger partial charge in [0.25, 0.3) is 5.56 Å². The Kier molecular flexibility index (Phi) is 7.96. The quantitative estimate of drug-likeness (QED) is 0.405. The van der Waals surface area contributed by atoms with Crippen molar-refractivity contribution >= 4 is 21.6 Å². The summed E-state index contributed by atoms with van der Waals surface area (Å²) in [6, 6.07) is 8.14. The number of benzene rings is 1. The molecule has 1 atom stereocenters. The number of H-pyrrole nitrogens is 1. The van der Waals surface area contributed by atoms with Crippen LogP contribution in [-0.4, -0.2) is 45.8 Å². The highest BCUT2D eigenvalue weighted by Gasteiger charge is 2.24. The Balaban J connectivity index is 1.60. The molecule has 1 fully saturated rings. The number of methoxy groups -OCH3 is 1. The van der Waals surface area contributed by atoms with Gasteiger partial charge < -0.3 is 14.8 Å². The fourth-order valence-electron chi connectivity index (χ4n) is 4.72. The molecule has 1 aliphatic rings. The van der Waals surface area contributed by atoms with Gasteiger partial charge in [0.05, 0.1) is 25.1 Å². The molecule has 2 heterocycles. The van der Waals surface area contributed by atoms with Crippen molar-refractivity contribution in [1.82, 2.24) is 14.9 Å². The second-order valence-electron chi connectivity index (χ2n) is 8.82. The lowest BCUT2D eigenvalue weighted by molar-refractivity contribution is 0.0622. The first-order valence-electron chi connectivity index (χ1n) is 11.8. The summed E-state index contributed by atoms with van der Waals surface area (Å²) in [7, 11) is 1.64. The molecule has 3 aromatic rings. The molecule has 4 rings (SSSR count). The van der Waals surface area contributed by atoms with E-state index in [0.717, 1.165) is 41.0 Å². The zero-order valence-corrected chi connectivity index (χ0v) is 20.1. The number of aromatic amines is 1. The summed E-state index contributed by atoms with van der Waals surface area (Å²) >= 11 is 1.49. The standard InChI is InChI=1S/C26H33N3O3S/c1-3-4-12-20(30)15-29(19-10-6-5-7-11-19)16-23-27-25(31)24-22(17-33-26(24)28-23)18-9-8-13-21(14-18)32-2/h3,8-9,13-14,17,19-20,30H,1,4-7,10-12,15-16H2,2H3,(H,27,28,31)/t20-/m1/s1. The molecule has 0 aliphatic heterocycles. The van der Waals surface area contributed by atoms with Crippen molar-refractivity contribution in [3.8, 4) is 16.9 Å². The van der Waals surface area contributed by atoms with Gasteiger partial charge in [-0.15, -0.1) is 17.9 Å². The molecular weight excluding hydrogens is 434 g/mol. The maximum absolute atomic E-state index is 13.1. The van der Waals surface area contributed by atoms with Gasteiger partial charge in [-0.1, -0.05) is 37.5 Å². The number of aliphatic hydroxyl groups excluding tert-OH is 1. The lowest BCUT2D eigenvalue weighted by Gasteiger charge is -2.35. The van der Waals surface area contributed by atoms with Gasteiger partial charge >= 0.3 is 0 Å². The summed E-state index contributed by atoms with van der Waals surface area (Å²) in [6.45, 7) is 4.88. The molecule has 1 aliphatic carbocycles. The lowest BCUT2D eigenvalue weighted by atomic mass is 9.93. The average molecular weight is 468 g/mol. The van der Waals surface area contributed by atoms with Crippen LogP contribution >= 0.6 is 11.3 Å². The van der Waals surface area contributed by atoms with Gasteiger partial charge in [-0.3, -0.25) is 9.69 Å². The number of allylic oxidation sites excluding steroid dienone is 1. The predicted octanol–water partition coefficient (Wildman–Crippen LogP) is 5.12. The molecule has 7 heteroatoms. The first kappa shape index (κ1) is 23.7. The van der Waals surface area contributed by atoms with Gasteiger partial charge in [-0.2, -0.15) is 0 Å². The van der Waals surface area contributed by atoms with Crippen LogP contribution in [0.15, 0.2) is 47.1 Å². The van der Waals surface area contributed by atoms with Gasteiger partial charge in [0.15, 0.2) is 0 Å². The van der Waals surface area contributed by atoms with Crippen molar-refractivity contribution in [1.29, 1.82) is 0 Å². The molecule has 2 aromatic heterocycles. The van der Waals surface area contributed by atoms with E-state index in [2.05, 4.69) is 16.5 Å². The third-order valence-electron chi connectivity index (χ3n) is 6.47. The summed E-state index contributed by atoms with van der Waals surface area (Å²) in [4.78, 5) is 24.0. The molecule has 6 nitrogen and oxygen atoms in total. The van der Waals surface area contributed by atoms with E-state index in [1.165, 1.54) is 30.6 Å². The first-order valence-corrected chi connectivity index (χ1v) is 12.6. The van der Waals surface area contributed by atoms with E-state index in [1.807, 2.05) is 35.7 Å². The Morgan fingerprint density at radius 2 is 2.18 bits per heavy atom. The van der Waals surface area contributed by atoms with Gasteiger partial charge in [0, 0.05) is 23.5 Å². The Morgan fingerprint density at radius 1 is 1.36 bits per heavy atom. The molecule has 0 unspecified atom stereocenters. The van der Waals surface area contributed by atoms with Crippen molar-refractivity contribution < 1.29 is 9.84 Å². The fourth-order valence-corrected chi connectivity index (χ4v) is 5.69. The minimum Gasteiger partial charge on any atom is -0.497 e. The van der Waals surface area contributed by atoms with Crippen molar-refractivity contribution in [2.24, 2.45) is 0 Å². The normalized spacial score (nSPS) is 15.7. The summed E-state index contributed by atoms with van der Waals surface area (Å²) in [5.74, 6) is 1.42. The van der Waals surface area contributed by atoms with E-state index in [-0.39, 0.29) is 5.56 Å². The van der Waals surface area contributed by atoms with Gasteiger partial charge in [0.2, 0.25) is 0 Å². The Hall–Kier alpha value is -2.48. The zero-order chi connectivity index (χ0) is 23.2. The number of nitrogens with one attached hydrogen (secondary N) is 1. The molecule has 176 valence electrons. The molecule has 1 aromatic carbocycles. The van der Waals surface area contributed by atoms with E-state index >= 15 is 0 Å². The second kappa shape index (κ2) is 11.1. The van der Waals surface area contributed by atoms with Crippen LogP contribution in [0.4, 0.5) is 0 Å². The van der Waals surface area contributed by atoms with Gasteiger partial charge in [0.1, 0.15) is 16.4 Å². The summed E-state index contributed by atoms with van der Waals surface area (Å²) in [5, 5.41) is 13.2. The van der Waals surface area contributed by atoms with E-state index in [4.69, 9.17) is 9.72 Å². The lowest BCUT2D eigenvalue weighted by Crippen LogP contribution is -2.41. The van der Waals surface area contributed by atoms with Crippen molar-refractivity contribution in [3.05, 3.63) is 58.5 Å². The third kappa shape index (κ3) is 5.72. The molecule has 0 bridgehead atoms. The van der Waals surface area contributed by atoms with Crippen LogP contribution in [0.1, 0.15) is 50.8 Å². The van der Waals surface area contributed by atoms with Crippen LogP contribution in [-0.2, 0) is 6.54 Å². The van der Waals surface area contributed by atoms with E-state index in [0.29, 0.717) is 36.8 Å². The largest absolute Gasteiger partial charge is 0.497 e. The molecule has 0 spiro atoms. The van der Waals surface area contributed by atoms with Crippen molar-refractivity contribution in [3.63, 3.8) is 0 Å². The Labute approximate surface area is 198 Å². The van der Waals surface area contributed by atoms with Crippen LogP contribution < -0.4 is 10.3 Å². The number of thiophene rings is 1. The summed E-state index contributed by atoms with van der Waals surface area (Å²) < 4.78 is 5.34. The van der Waals surface area contributed by atoms with Crippen molar-refractivity contribution in [2.45, 2.75) is 63.6 Å². The second-order valence-corrected chi connectivity index (χ2v) is 9.67. The predicted molar refractivity (Wildman–Crippen MR) is 135 cm³/mol. The molecule has 0 amide bonds. The third-order valence-corrected chi connectivity index (χ3v) is 7.34. The zero-order valence-electron chi connectivity index (χ0n) is 19.3. The Bertz CT molecular complexity index is 1130. The van der Waals surface area contributed by atoms with Crippen LogP contribution in [0.25, 0.3) is 21.3 Å². The van der Waals surface area contributed by atoms with Crippen LogP contribution in [0, 0.1) is 0 Å². The summed E-state index contributed by atoms with van der Waals surface area (Å²) in [5.41, 5.74) is 1.69. The van der Waals surface area contributed by atoms with Crippen LogP contribution in [0.2, 0.25) is 0 Å². The smallest absolute Gasteiger partial charge is 0.260 e. The molecule has 1 saturated carbocycles. The highest BCUT2D eigenvalue weighted by Crippen LogP contribution is 2.32. The van der Waals surface area contributed by atoms with Crippen LogP contribution in [0.3, 0.4) is 0 Å². The van der Waals surface area contributed by atoms with Gasteiger partial charge in [-0.25, -0.2) is 4.98 Å². The molecule has 0 radical (unpaired) electrons. The number of hydrogen-bond donors (Lipinski definition) is 2. The number of hydrogen-bond acceptors (Lipinski definition) is 6. The minimum absolute atomic E-state index is 0.120. The van der Waals surface area contributed by atoms with E-state index in [1.54, 1.807) is 7.11 Å². The summed E-state index contributed by atoms with van der Waals surface area (Å²) in [6.07, 6.45) is 8.86. The number of aromatic nitrogens is 2. The number of nitrogens with zero attached hydrogens (tertiary/aromatic N) is 2. The number of aliphatic hydroxyl groups is 1. The molecule has 33 heavy (non-hydrogen) atoms.